The molecule has 2 atom stereocenters. The van der Waals surface area contributed by atoms with Crippen LogP contribution in [0.2, 0.25) is 5.15 Å². The lowest BCUT2D eigenvalue weighted by Gasteiger charge is -2.33. The first kappa shape index (κ1) is 21.2. The molecule has 0 spiro atoms. The van der Waals surface area contributed by atoms with E-state index in [1.165, 1.54) is 6.07 Å². The van der Waals surface area contributed by atoms with Crippen molar-refractivity contribution in [1.82, 2.24) is 15.5 Å². The second-order valence-electron chi connectivity index (χ2n) is 6.89. The topological polar surface area (TPSA) is 67.4 Å². The molecule has 0 bridgehead atoms. The minimum atomic E-state index is -2.92. The predicted molar refractivity (Wildman–Crippen MR) is 106 cm³/mol. The fourth-order valence-electron chi connectivity index (χ4n) is 3.54. The van der Waals surface area contributed by atoms with E-state index in [1.807, 2.05) is 11.8 Å². The number of halogens is 3. The van der Waals surface area contributed by atoms with Gasteiger partial charge in [0, 0.05) is 18.7 Å². The van der Waals surface area contributed by atoms with Gasteiger partial charge in [-0.1, -0.05) is 36.7 Å². The zero-order chi connectivity index (χ0) is 20.8. The number of rotatable bonds is 7. The first-order chi connectivity index (χ1) is 14.0. The molecule has 1 saturated heterocycles. The Morgan fingerprint density at radius 3 is 2.79 bits per heavy atom. The second kappa shape index (κ2) is 9.82. The number of benzene rings is 1. The molecule has 0 radical (unpaired) electrons. The van der Waals surface area contributed by atoms with Gasteiger partial charge in [0.2, 0.25) is 5.91 Å². The van der Waals surface area contributed by atoms with Crippen molar-refractivity contribution in [3.8, 4) is 5.75 Å². The van der Waals surface area contributed by atoms with Crippen molar-refractivity contribution in [1.29, 1.82) is 0 Å². The average Bonchev–Trinajstić information content (AvgIpc) is 2.72. The van der Waals surface area contributed by atoms with Crippen LogP contribution in [-0.4, -0.2) is 35.8 Å². The van der Waals surface area contributed by atoms with E-state index in [1.54, 1.807) is 30.3 Å². The third kappa shape index (κ3) is 5.53. The van der Waals surface area contributed by atoms with Gasteiger partial charge in [0.25, 0.3) is 0 Å². The highest BCUT2D eigenvalue weighted by Gasteiger charge is 2.29. The predicted octanol–water partition coefficient (Wildman–Crippen LogP) is 4.22. The molecule has 3 rings (SSSR count). The third-order valence-electron chi connectivity index (χ3n) is 4.97. The van der Waals surface area contributed by atoms with Gasteiger partial charge < -0.3 is 15.0 Å². The standard InChI is InChI=1S/C20H23ClF2N4O2/c1-2-15(14-7-3-4-8-16(14)29-20(22)23)24-19(28)13-6-5-11-27(12-13)18-10-9-17(21)25-26-18/h3-4,7-10,13,15,20H,2,5-6,11-12H2,1H3,(H,24,28)/t13-,15+/m0/s1. The number of aromatic nitrogens is 2. The van der Waals surface area contributed by atoms with Crippen LogP contribution in [0.1, 0.15) is 37.8 Å². The highest BCUT2D eigenvalue weighted by atomic mass is 35.5. The Kier molecular flexibility index (Phi) is 7.19. The molecule has 1 aromatic carbocycles. The van der Waals surface area contributed by atoms with Gasteiger partial charge in [0.15, 0.2) is 11.0 Å². The van der Waals surface area contributed by atoms with Crippen molar-refractivity contribution in [3.63, 3.8) is 0 Å². The third-order valence-corrected chi connectivity index (χ3v) is 5.17. The Morgan fingerprint density at radius 1 is 1.31 bits per heavy atom. The van der Waals surface area contributed by atoms with Crippen molar-refractivity contribution >= 4 is 23.3 Å². The van der Waals surface area contributed by atoms with E-state index in [4.69, 9.17) is 11.6 Å². The van der Waals surface area contributed by atoms with E-state index in [0.717, 1.165) is 19.4 Å². The van der Waals surface area contributed by atoms with E-state index >= 15 is 0 Å². The van der Waals surface area contributed by atoms with Gasteiger partial charge in [-0.25, -0.2) is 0 Å². The number of hydrogen-bond donors (Lipinski definition) is 1. The number of alkyl halides is 2. The molecular weight excluding hydrogens is 402 g/mol. The smallest absolute Gasteiger partial charge is 0.387 e. The van der Waals surface area contributed by atoms with Gasteiger partial charge in [0.1, 0.15) is 5.75 Å². The first-order valence-corrected chi connectivity index (χ1v) is 9.94. The molecule has 1 N–H and O–H groups in total. The number of carbonyl (C=O) groups excluding carboxylic acids is 1. The maximum Gasteiger partial charge on any atom is 0.387 e. The van der Waals surface area contributed by atoms with Crippen LogP contribution >= 0.6 is 11.6 Å². The normalized spacial score (nSPS) is 17.8. The molecular formula is C20H23ClF2N4O2. The molecule has 1 aromatic heterocycles. The lowest BCUT2D eigenvalue weighted by atomic mass is 9.95. The van der Waals surface area contributed by atoms with Gasteiger partial charge in [-0.05, 0) is 37.5 Å². The molecule has 2 heterocycles. The number of carbonyl (C=O) groups is 1. The minimum absolute atomic E-state index is 0.0800. The van der Waals surface area contributed by atoms with E-state index in [2.05, 4.69) is 20.3 Å². The minimum Gasteiger partial charge on any atom is -0.434 e. The molecule has 156 valence electrons. The van der Waals surface area contributed by atoms with Gasteiger partial charge in [0.05, 0.1) is 12.0 Å². The molecule has 1 amide bonds. The molecule has 1 aliphatic rings. The van der Waals surface area contributed by atoms with Crippen LogP contribution in [0.3, 0.4) is 0 Å². The number of amides is 1. The Morgan fingerprint density at radius 2 is 2.10 bits per heavy atom. The van der Waals surface area contributed by atoms with Crippen LogP contribution in [0, 0.1) is 5.92 Å². The molecule has 1 fully saturated rings. The van der Waals surface area contributed by atoms with E-state index in [9.17, 15) is 13.6 Å². The summed E-state index contributed by atoms with van der Waals surface area (Å²) in [6.07, 6.45) is 2.13. The molecule has 29 heavy (non-hydrogen) atoms. The Balaban J connectivity index is 1.69. The average molecular weight is 425 g/mol. The Bertz CT molecular complexity index is 822. The first-order valence-electron chi connectivity index (χ1n) is 9.56. The summed E-state index contributed by atoms with van der Waals surface area (Å²) in [6, 6.07) is 9.58. The number of anilines is 1. The quantitative estimate of drug-likeness (QED) is 0.721. The summed E-state index contributed by atoms with van der Waals surface area (Å²) in [7, 11) is 0. The monoisotopic (exact) mass is 424 g/mol. The number of nitrogens with one attached hydrogen (secondary N) is 1. The van der Waals surface area contributed by atoms with Crippen LogP contribution in [0.25, 0.3) is 0 Å². The van der Waals surface area contributed by atoms with Gasteiger partial charge in [-0.2, -0.15) is 8.78 Å². The van der Waals surface area contributed by atoms with Gasteiger partial charge in [-0.3, -0.25) is 4.79 Å². The summed E-state index contributed by atoms with van der Waals surface area (Å²) >= 11 is 5.79. The molecule has 0 aliphatic carbocycles. The molecule has 6 nitrogen and oxygen atoms in total. The molecule has 1 aliphatic heterocycles. The summed E-state index contributed by atoms with van der Waals surface area (Å²) in [5.41, 5.74) is 0.542. The fraction of sp³-hybridized carbons (Fsp3) is 0.450. The number of nitrogens with zero attached hydrogens (tertiary/aromatic N) is 3. The number of hydrogen-bond acceptors (Lipinski definition) is 5. The lowest BCUT2D eigenvalue weighted by molar-refractivity contribution is -0.126. The molecule has 2 aromatic rings. The van der Waals surface area contributed by atoms with E-state index < -0.39 is 12.7 Å². The van der Waals surface area contributed by atoms with Crippen molar-refractivity contribution in [2.45, 2.75) is 38.8 Å². The second-order valence-corrected chi connectivity index (χ2v) is 7.27. The molecule has 9 heteroatoms. The fourth-order valence-corrected chi connectivity index (χ4v) is 3.64. The Hall–Kier alpha value is -2.48. The van der Waals surface area contributed by atoms with Crippen molar-refractivity contribution in [2.24, 2.45) is 5.92 Å². The van der Waals surface area contributed by atoms with Crippen LogP contribution in [-0.2, 0) is 4.79 Å². The van der Waals surface area contributed by atoms with Gasteiger partial charge in [-0.15, -0.1) is 10.2 Å². The zero-order valence-electron chi connectivity index (χ0n) is 16.0. The van der Waals surface area contributed by atoms with Crippen LogP contribution in [0.5, 0.6) is 5.75 Å². The summed E-state index contributed by atoms with van der Waals surface area (Å²) in [6.45, 7) is 0.258. The summed E-state index contributed by atoms with van der Waals surface area (Å²) in [4.78, 5) is 14.9. The number of para-hydroxylation sites is 1. The van der Waals surface area contributed by atoms with Crippen LogP contribution < -0.4 is 15.0 Å². The van der Waals surface area contributed by atoms with Gasteiger partial charge >= 0.3 is 6.61 Å². The largest absolute Gasteiger partial charge is 0.434 e. The summed E-state index contributed by atoms with van der Waals surface area (Å²) < 4.78 is 30.1. The molecule has 0 saturated carbocycles. The number of piperidine rings is 1. The number of ether oxygens (including phenoxy) is 1. The van der Waals surface area contributed by atoms with Crippen molar-refractivity contribution in [2.75, 3.05) is 18.0 Å². The molecule has 0 unspecified atom stereocenters. The van der Waals surface area contributed by atoms with Crippen LogP contribution in [0.4, 0.5) is 14.6 Å². The zero-order valence-corrected chi connectivity index (χ0v) is 16.8. The summed E-state index contributed by atoms with van der Waals surface area (Å²) in [5, 5.41) is 11.3. The van der Waals surface area contributed by atoms with Crippen LogP contribution in [0.15, 0.2) is 36.4 Å². The van der Waals surface area contributed by atoms with Crippen molar-refractivity contribution in [3.05, 3.63) is 47.1 Å². The lowest BCUT2D eigenvalue weighted by Crippen LogP contribution is -2.44. The SMILES string of the molecule is CC[C@@H](NC(=O)[C@H]1CCCN(c2ccc(Cl)nn2)C1)c1ccccc1OC(F)F. The Labute approximate surface area is 173 Å². The van der Waals surface area contributed by atoms with Crippen molar-refractivity contribution < 1.29 is 18.3 Å². The summed E-state index contributed by atoms with van der Waals surface area (Å²) in [5.74, 6) is 0.403. The highest BCUT2D eigenvalue weighted by molar-refractivity contribution is 6.29. The van der Waals surface area contributed by atoms with E-state index in [-0.39, 0.29) is 17.6 Å². The highest BCUT2D eigenvalue weighted by Crippen LogP contribution is 2.29. The maximum absolute atomic E-state index is 12.9. The van der Waals surface area contributed by atoms with E-state index in [0.29, 0.717) is 29.5 Å². The maximum atomic E-state index is 12.9.